The van der Waals surface area contributed by atoms with Crippen LogP contribution in [0.5, 0.6) is 0 Å². The lowest BCUT2D eigenvalue weighted by Crippen LogP contribution is -2.15. The first-order valence-electron chi connectivity index (χ1n) is 9.00. The lowest BCUT2D eigenvalue weighted by Gasteiger charge is -2.09. The Morgan fingerprint density at radius 3 is 2.50 bits per heavy atom. The molecule has 0 radical (unpaired) electrons. The van der Waals surface area contributed by atoms with E-state index in [1.807, 2.05) is 30.3 Å². The van der Waals surface area contributed by atoms with Crippen molar-refractivity contribution in [2.75, 3.05) is 10.6 Å². The summed E-state index contributed by atoms with van der Waals surface area (Å²) in [7, 11) is 0. The van der Waals surface area contributed by atoms with Crippen LogP contribution < -0.4 is 10.6 Å². The van der Waals surface area contributed by atoms with E-state index in [-0.39, 0.29) is 17.1 Å². The molecule has 150 valence electrons. The first kappa shape index (κ1) is 19.1. The fourth-order valence-corrected chi connectivity index (χ4v) is 2.83. The summed E-state index contributed by atoms with van der Waals surface area (Å²) >= 11 is 0. The van der Waals surface area contributed by atoms with Crippen molar-refractivity contribution in [3.63, 3.8) is 0 Å². The number of amides is 2. The van der Waals surface area contributed by atoms with E-state index in [2.05, 4.69) is 15.8 Å². The predicted octanol–water partition coefficient (Wildman–Crippen LogP) is 4.89. The number of furan rings is 1. The summed E-state index contributed by atoms with van der Waals surface area (Å²) in [6.45, 7) is 1.63. The number of rotatable bonds is 5. The molecule has 0 atom stereocenters. The topological polar surface area (TPSA) is 97.4 Å². The smallest absolute Gasteiger partial charge is 0.294 e. The normalized spacial score (nSPS) is 10.6. The Morgan fingerprint density at radius 2 is 1.77 bits per heavy atom. The standard InChI is InChI=1S/C22H16FN3O4/c1-13-16(9-10-29-13)21(27)25-19-11-15(7-8-17(19)23)24-22(28)20-12-18(26-30-20)14-5-3-2-4-6-14/h2-12H,1H3,(H,24,28)(H,25,27). The highest BCUT2D eigenvalue weighted by molar-refractivity contribution is 6.06. The molecular weight excluding hydrogens is 389 g/mol. The Morgan fingerprint density at radius 1 is 0.967 bits per heavy atom. The molecule has 2 aromatic carbocycles. The number of aryl methyl sites for hydroxylation is 1. The van der Waals surface area contributed by atoms with Gasteiger partial charge in [-0.15, -0.1) is 0 Å². The number of anilines is 2. The van der Waals surface area contributed by atoms with Gasteiger partial charge < -0.3 is 19.6 Å². The SMILES string of the molecule is Cc1occc1C(=O)Nc1cc(NC(=O)c2cc(-c3ccccc3)no2)ccc1F. The van der Waals surface area contributed by atoms with E-state index >= 15 is 0 Å². The largest absolute Gasteiger partial charge is 0.469 e. The fraction of sp³-hybridized carbons (Fsp3) is 0.0455. The molecule has 0 saturated carbocycles. The van der Waals surface area contributed by atoms with Crippen LogP contribution in [-0.2, 0) is 0 Å². The van der Waals surface area contributed by atoms with Gasteiger partial charge in [-0.2, -0.15) is 0 Å². The Hall–Kier alpha value is -4.20. The maximum atomic E-state index is 14.1. The Kier molecular flexibility index (Phi) is 5.13. The number of nitrogens with one attached hydrogen (secondary N) is 2. The third-order valence-electron chi connectivity index (χ3n) is 4.38. The first-order chi connectivity index (χ1) is 14.5. The van der Waals surface area contributed by atoms with Gasteiger partial charge in [0.25, 0.3) is 11.8 Å². The van der Waals surface area contributed by atoms with Crippen LogP contribution in [0, 0.1) is 12.7 Å². The maximum absolute atomic E-state index is 14.1. The molecule has 0 unspecified atom stereocenters. The third-order valence-corrected chi connectivity index (χ3v) is 4.38. The molecule has 30 heavy (non-hydrogen) atoms. The number of benzene rings is 2. The summed E-state index contributed by atoms with van der Waals surface area (Å²) in [5, 5.41) is 8.97. The van der Waals surface area contributed by atoms with E-state index in [0.29, 0.717) is 17.0 Å². The van der Waals surface area contributed by atoms with Crippen LogP contribution in [-0.4, -0.2) is 17.0 Å². The number of halogens is 1. The van der Waals surface area contributed by atoms with Crippen LogP contribution in [0.2, 0.25) is 0 Å². The Balaban J connectivity index is 1.49. The highest BCUT2D eigenvalue weighted by atomic mass is 19.1. The number of hydrogen-bond acceptors (Lipinski definition) is 5. The zero-order chi connectivity index (χ0) is 21.1. The van der Waals surface area contributed by atoms with Gasteiger partial charge in [0.15, 0.2) is 0 Å². The monoisotopic (exact) mass is 405 g/mol. The number of hydrogen-bond donors (Lipinski definition) is 2. The summed E-state index contributed by atoms with van der Waals surface area (Å²) in [6.07, 6.45) is 1.37. The molecule has 0 fully saturated rings. The Bertz CT molecular complexity index is 1210. The third kappa shape index (κ3) is 3.97. The minimum Gasteiger partial charge on any atom is -0.469 e. The number of nitrogens with zero attached hydrogens (tertiary/aromatic N) is 1. The van der Waals surface area contributed by atoms with Crippen LogP contribution >= 0.6 is 0 Å². The van der Waals surface area contributed by atoms with Gasteiger partial charge in [0.2, 0.25) is 5.76 Å². The molecule has 2 heterocycles. The van der Waals surface area contributed by atoms with Crippen molar-refractivity contribution in [1.82, 2.24) is 5.16 Å². The minimum atomic E-state index is -0.645. The highest BCUT2D eigenvalue weighted by Crippen LogP contribution is 2.23. The fourth-order valence-electron chi connectivity index (χ4n) is 2.83. The highest BCUT2D eigenvalue weighted by Gasteiger charge is 2.17. The molecular formula is C22H16FN3O4. The first-order valence-corrected chi connectivity index (χ1v) is 9.00. The molecule has 0 spiro atoms. The average molecular weight is 405 g/mol. The summed E-state index contributed by atoms with van der Waals surface area (Å²) in [4.78, 5) is 24.8. The van der Waals surface area contributed by atoms with Crippen LogP contribution in [0.25, 0.3) is 11.3 Å². The van der Waals surface area contributed by atoms with Crippen LogP contribution in [0.4, 0.5) is 15.8 Å². The summed E-state index contributed by atoms with van der Waals surface area (Å²) in [5.74, 6) is -1.31. The van der Waals surface area contributed by atoms with Crippen LogP contribution in [0.15, 0.2) is 75.9 Å². The quantitative estimate of drug-likeness (QED) is 0.493. The van der Waals surface area contributed by atoms with E-state index in [1.54, 1.807) is 6.92 Å². The van der Waals surface area contributed by atoms with Crippen molar-refractivity contribution in [2.45, 2.75) is 6.92 Å². The molecule has 2 N–H and O–H groups in total. The van der Waals surface area contributed by atoms with Gasteiger partial charge >= 0.3 is 0 Å². The molecule has 0 bridgehead atoms. The molecule has 0 aliphatic carbocycles. The van der Waals surface area contributed by atoms with Gasteiger partial charge in [-0.25, -0.2) is 4.39 Å². The zero-order valence-corrected chi connectivity index (χ0v) is 15.8. The molecule has 0 saturated heterocycles. The summed E-state index contributed by atoms with van der Waals surface area (Å²) in [6, 6.07) is 16.1. The van der Waals surface area contributed by atoms with Gasteiger partial charge in [0.1, 0.15) is 17.3 Å². The molecule has 0 aliphatic heterocycles. The predicted molar refractivity (Wildman–Crippen MR) is 108 cm³/mol. The van der Waals surface area contributed by atoms with E-state index in [4.69, 9.17) is 8.94 Å². The van der Waals surface area contributed by atoms with Gasteiger partial charge in [0.05, 0.1) is 17.5 Å². The van der Waals surface area contributed by atoms with Crippen LogP contribution in [0.1, 0.15) is 26.7 Å². The second kappa shape index (κ2) is 8.04. The van der Waals surface area contributed by atoms with Gasteiger partial charge in [-0.3, -0.25) is 9.59 Å². The Labute approximate surface area is 170 Å². The minimum absolute atomic E-state index is 0.00205. The molecule has 2 amide bonds. The number of aromatic nitrogens is 1. The van der Waals surface area contributed by atoms with E-state index in [0.717, 1.165) is 11.6 Å². The average Bonchev–Trinajstić information content (AvgIpc) is 3.40. The second-order valence-electron chi connectivity index (χ2n) is 6.44. The molecule has 7 nitrogen and oxygen atoms in total. The lowest BCUT2D eigenvalue weighted by molar-refractivity contribution is 0.0986. The van der Waals surface area contributed by atoms with E-state index in [9.17, 15) is 14.0 Å². The number of carbonyl (C=O) groups excluding carboxylic acids is 2. The van der Waals surface area contributed by atoms with Crippen molar-refractivity contribution in [3.05, 3.63) is 89.8 Å². The van der Waals surface area contributed by atoms with Crippen molar-refractivity contribution < 1.29 is 22.9 Å². The second-order valence-corrected chi connectivity index (χ2v) is 6.44. The van der Waals surface area contributed by atoms with Crippen molar-refractivity contribution in [2.24, 2.45) is 0 Å². The van der Waals surface area contributed by atoms with Gasteiger partial charge in [-0.05, 0) is 31.2 Å². The van der Waals surface area contributed by atoms with Gasteiger partial charge in [0, 0.05) is 17.3 Å². The zero-order valence-electron chi connectivity index (χ0n) is 15.8. The summed E-state index contributed by atoms with van der Waals surface area (Å²) in [5.41, 5.74) is 1.81. The van der Waals surface area contributed by atoms with E-state index < -0.39 is 17.6 Å². The van der Waals surface area contributed by atoms with Crippen molar-refractivity contribution >= 4 is 23.2 Å². The van der Waals surface area contributed by atoms with Crippen molar-refractivity contribution in [3.8, 4) is 11.3 Å². The number of carbonyl (C=O) groups is 2. The van der Waals surface area contributed by atoms with E-state index in [1.165, 1.54) is 30.5 Å². The lowest BCUT2D eigenvalue weighted by atomic mass is 10.1. The van der Waals surface area contributed by atoms with Crippen LogP contribution in [0.3, 0.4) is 0 Å². The molecule has 4 rings (SSSR count). The van der Waals surface area contributed by atoms with Gasteiger partial charge in [-0.1, -0.05) is 35.5 Å². The molecule has 0 aliphatic rings. The summed E-state index contributed by atoms with van der Waals surface area (Å²) < 4.78 is 24.3. The van der Waals surface area contributed by atoms with Crippen molar-refractivity contribution in [1.29, 1.82) is 0 Å². The molecule has 8 heteroatoms. The maximum Gasteiger partial charge on any atom is 0.294 e. The molecule has 4 aromatic rings. The molecule has 2 aromatic heterocycles.